The second-order valence-electron chi connectivity index (χ2n) is 6.78. The zero-order chi connectivity index (χ0) is 16.3. The van der Waals surface area contributed by atoms with E-state index in [1.165, 1.54) is 11.1 Å². The molecular weight excluding hydrogens is 284 g/mol. The molecule has 1 aliphatic heterocycles. The Morgan fingerprint density at radius 2 is 1.48 bits per heavy atom. The van der Waals surface area contributed by atoms with Gasteiger partial charge in [0.15, 0.2) is 0 Å². The fourth-order valence-corrected chi connectivity index (χ4v) is 3.26. The van der Waals surface area contributed by atoms with E-state index < -0.39 is 5.60 Å². The van der Waals surface area contributed by atoms with Crippen LogP contribution in [0.25, 0.3) is 0 Å². The van der Waals surface area contributed by atoms with Crippen LogP contribution in [0.3, 0.4) is 0 Å². The number of nitrogens with one attached hydrogen (secondary N) is 1. The second-order valence-corrected chi connectivity index (χ2v) is 6.78. The zero-order valence-corrected chi connectivity index (χ0v) is 14.0. The molecule has 23 heavy (non-hydrogen) atoms. The lowest BCUT2D eigenvalue weighted by molar-refractivity contribution is 0.0785. The number of hydrogen-bond donors (Lipinski definition) is 2. The number of hydrogen-bond acceptors (Lipinski definition) is 3. The van der Waals surface area contributed by atoms with Crippen molar-refractivity contribution in [2.75, 3.05) is 26.2 Å². The molecule has 1 unspecified atom stereocenters. The number of aliphatic hydroxyl groups is 1. The fourth-order valence-electron chi connectivity index (χ4n) is 3.26. The first kappa shape index (κ1) is 16.2. The molecule has 3 heteroatoms. The van der Waals surface area contributed by atoms with Gasteiger partial charge in [0.05, 0.1) is 11.6 Å². The number of nitrogens with zero attached hydrogens (tertiary/aromatic N) is 1. The van der Waals surface area contributed by atoms with Crippen LogP contribution in [0.1, 0.15) is 36.6 Å². The summed E-state index contributed by atoms with van der Waals surface area (Å²) in [4.78, 5) is 2.53. The first-order chi connectivity index (χ1) is 11.1. The van der Waals surface area contributed by atoms with E-state index in [-0.39, 0.29) is 6.04 Å². The molecule has 0 spiro atoms. The maximum Gasteiger partial charge on any atom is 0.0840 e. The molecule has 3 nitrogen and oxygen atoms in total. The molecule has 1 saturated heterocycles. The third-order valence-corrected chi connectivity index (χ3v) is 4.56. The Morgan fingerprint density at radius 3 is 2.04 bits per heavy atom. The third-order valence-electron chi connectivity index (χ3n) is 4.56. The Labute approximate surface area is 139 Å². The first-order valence-corrected chi connectivity index (χ1v) is 8.38. The average Bonchev–Trinajstić information content (AvgIpc) is 2.57. The van der Waals surface area contributed by atoms with Crippen molar-refractivity contribution in [3.05, 3.63) is 71.3 Å². The van der Waals surface area contributed by atoms with Crippen LogP contribution >= 0.6 is 0 Å². The molecule has 1 heterocycles. The van der Waals surface area contributed by atoms with E-state index in [1.807, 2.05) is 26.0 Å². The molecule has 1 atom stereocenters. The van der Waals surface area contributed by atoms with E-state index in [9.17, 15) is 5.11 Å². The Kier molecular flexibility index (Phi) is 4.81. The van der Waals surface area contributed by atoms with Gasteiger partial charge in [-0.05, 0) is 30.5 Å². The monoisotopic (exact) mass is 310 g/mol. The standard InChI is InChI=1S/C20H26N2O/c1-20(2,23)18-10-8-17(9-11-18)19(16-6-4-3-5-7-16)22-14-12-21-13-15-22/h3-11,19,21,23H,12-15H2,1-2H3. The zero-order valence-electron chi connectivity index (χ0n) is 14.0. The summed E-state index contributed by atoms with van der Waals surface area (Å²) in [5.41, 5.74) is 2.76. The maximum absolute atomic E-state index is 10.2. The highest BCUT2D eigenvalue weighted by atomic mass is 16.3. The lowest BCUT2D eigenvalue weighted by atomic mass is 9.92. The predicted molar refractivity (Wildman–Crippen MR) is 94.4 cm³/mol. The van der Waals surface area contributed by atoms with Gasteiger partial charge in [-0.15, -0.1) is 0 Å². The van der Waals surface area contributed by atoms with Gasteiger partial charge in [0.25, 0.3) is 0 Å². The van der Waals surface area contributed by atoms with Gasteiger partial charge in [-0.3, -0.25) is 4.90 Å². The van der Waals surface area contributed by atoms with E-state index in [0.29, 0.717) is 0 Å². The van der Waals surface area contributed by atoms with E-state index in [4.69, 9.17) is 0 Å². The lowest BCUT2D eigenvalue weighted by Crippen LogP contribution is -2.45. The van der Waals surface area contributed by atoms with E-state index in [2.05, 4.69) is 52.7 Å². The Morgan fingerprint density at radius 1 is 0.913 bits per heavy atom. The predicted octanol–water partition coefficient (Wildman–Crippen LogP) is 2.91. The summed E-state index contributed by atoms with van der Waals surface area (Å²) in [6.45, 7) is 7.82. The average molecular weight is 310 g/mol. The van der Waals surface area contributed by atoms with Crippen LogP contribution < -0.4 is 5.32 Å². The van der Waals surface area contributed by atoms with Crippen LogP contribution in [0.15, 0.2) is 54.6 Å². The molecule has 122 valence electrons. The highest BCUT2D eigenvalue weighted by Crippen LogP contribution is 2.30. The molecule has 0 bridgehead atoms. The quantitative estimate of drug-likeness (QED) is 0.911. The topological polar surface area (TPSA) is 35.5 Å². The molecule has 2 aromatic rings. The number of rotatable bonds is 4. The van der Waals surface area contributed by atoms with Crippen molar-refractivity contribution in [2.45, 2.75) is 25.5 Å². The summed E-state index contributed by atoms with van der Waals surface area (Å²) in [6, 6.07) is 19.4. The van der Waals surface area contributed by atoms with Crippen LogP contribution in [0, 0.1) is 0 Å². The molecule has 1 aliphatic rings. The Bertz CT molecular complexity index is 610. The Balaban J connectivity index is 1.94. The van der Waals surface area contributed by atoms with Crippen molar-refractivity contribution in [1.82, 2.24) is 10.2 Å². The largest absolute Gasteiger partial charge is 0.386 e. The van der Waals surface area contributed by atoms with Crippen molar-refractivity contribution in [3.63, 3.8) is 0 Å². The molecule has 1 fully saturated rings. The molecule has 0 aromatic heterocycles. The second kappa shape index (κ2) is 6.83. The summed E-state index contributed by atoms with van der Waals surface area (Å²) in [6.07, 6.45) is 0. The van der Waals surface area contributed by atoms with Crippen molar-refractivity contribution in [2.24, 2.45) is 0 Å². The SMILES string of the molecule is CC(C)(O)c1ccc(C(c2ccccc2)N2CCNCC2)cc1. The van der Waals surface area contributed by atoms with Crippen molar-refractivity contribution in [3.8, 4) is 0 Å². The van der Waals surface area contributed by atoms with Crippen molar-refractivity contribution >= 4 is 0 Å². The van der Waals surface area contributed by atoms with Crippen molar-refractivity contribution in [1.29, 1.82) is 0 Å². The molecule has 2 aromatic carbocycles. The summed E-state index contributed by atoms with van der Waals surface area (Å²) in [5.74, 6) is 0. The van der Waals surface area contributed by atoms with Gasteiger partial charge in [0.2, 0.25) is 0 Å². The molecule has 0 saturated carbocycles. The minimum Gasteiger partial charge on any atom is -0.386 e. The van der Waals surface area contributed by atoms with Crippen LogP contribution in [0.2, 0.25) is 0 Å². The number of benzene rings is 2. The van der Waals surface area contributed by atoms with E-state index >= 15 is 0 Å². The van der Waals surface area contributed by atoms with Gasteiger partial charge >= 0.3 is 0 Å². The molecule has 3 rings (SSSR count). The van der Waals surface area contributed by atoms with Gasteiger partial charge < -0.3 is 10.4 Å². The van der Waals surface area contributed by atoms with Crippen LogP contribution in [-0.2, 0) is 5.60 Å². The summed E-state index contributed by atoms with van der Waals surface area (Å²) >= 11 is 0. The van der Waals surface area contributed by atoms with E-state index in [1.54, 1.807) is 0 Å². The van der Waals surface area contributed by atoms with Crippen molar-refractivity contribution < 1.29 is 5.11 Å². The van der Waals surface area contributed by atoms with Crippen LogP contribution in [0.4, 0.5) is 0 Å². The minimum atomic E-state index is -0.796. The third kappa shape index (κ3) is 3.81. The first-order valence-electron chi connectivity index (χ1n) is 8.38. The van der Waals surface area contributed by atoms with Crippen LogP contribution in [-0.4, -0.2) is 36.2 Å². The molecule has 0 amide bonds. The van der Waals surface area contributed by atoms with Crippen LogP contribution in [0.5, 0.6) is 0 Å². The minimum absolute atomic E-state index is 0.272. The highest BCUT2D eigenvalue weighted by Gasteiger charge is 2.24. The summed E-state index contributed by atoms with van der Waals surface area (Å²) in [7, 11) is 0. The molecule has 0 aliphatic carbocycles. The normalized spacial score (nSPS) is 17.9. The van der Waals surface area contributed by atoms with E-state index in [0.717, 1.165) is 31.7 Å². The van der Waals surface area contributed by atoms with Gasteiger partial charge in [-0.1, -0.05) is 54.6 Å². The molecule has 0 radical (unpaired) electrons. The van der Waals surface area contributed by atoms with Gasteiger partial charge in [0.1, 0.15) is 0 Å². The summed E-state index contributed by atoms with van der Waals surface area (Å²) < 4.78 is 0. The lowest BCUT2D eigenvalue weighted by Gasteiger charge is -2.35. The molecule has 2 N–H and O–H groups in total. The van der Waals surface area contributed by atoms with Gasteiger partial charge in [-0.2, -0.15) is 0 Å². The summed E-state index contributed by atoms with van der Waals surface area (Å²) in [5, 5.41) is 13.6. The van der Waals surface area contributed by atoms with Gasteiger partial charge in [-0.25, -0.2) is 0 Å². The highest BCUT2D eigenvalue weighted by molar-refractivity contribution is 5.35. The Hall–Kier alpha value is -1.68. The molecular formula is C20H26N2O. The smallest absolute Gasteiger partial charge is 0.0840 e. The fraction of sp³-hybridized carbons (Fsp3) is 0.400. The maximum atomic E-state index is 10.2. The van der Waals surface area contributed by atoms with Gasteiger partial charge in [0, 0.05) is 26.2 Å². The number of piperazine rings is 1.